The summed E-state index contributed by atoms with van der Waals surface area (Å²) in [6.07, 6.45) is 6.24. The summed E-state index contributed by atoms with van der Waals surface area (Å²) in [6, 6.07) is 0. The first-order chi connectivity index (χ1) is 5.20. The standard InChI is InChI=1S/C8H8Cl2O/c9-6-2-1-3-7(10)8(11)5-4-6/h1-3,6H,4-5H2/b2-1-,7-3+. The molecular weight excluding hydrogens is 183 g/mol. The van der Waals surface area contributed by atoms with Crippen LogP contribution in [-0.2, 0) is 4.79 Å². The number of Topliss-reactive ketones (excluding diaryl/α,β-unsaturated/α-hetero) is 1. The van der Waals surface area contributed by atoms with Gasteiger partial charge in [-0.05, 0) is 12.5 Å². The highest BCUT2D eigenvalue weighted by Gasteiger charge is 2.10. The molecule has 3 heteroatoms. The maximum Gasteiger partial charge on any atom is 0.174 e. The van der Waals surface area contributed by atoms with E-state index in [0.29, 0.717) is 17.9 Å². The summed E-state index contributed by atoms with van der Waals surface area (Å²) < 4.78 is 0. The Morgan fingerprint density at radius 3 is 3.00 bits per heavy atom. The Balaban J connectivity index is 2.75. The van der Waals surface area contributed by atoms with Crippen LogP contribution in [0.4, 0.5) is 0 Å². The van der Waals surface area contributed by atoms with Gasteiger partial charge in [-0.3, -0.25) is 4.79 Å². The quantitative estimate of drug-likeness (QED) is 0.538. The molecule has 1 aliphatic carbocycles. The van der Waals surface area contributed by atoms with Crippen LogP contribution in [-0.4, -0.2) is 11.2 Å². The van der Waals surface area contributed by atoms with E-state index in [1.807, 2.05) is 6.08 Å². The molecule has 0 amide bonds. The van der Waals surface area contributed by atoms with Crippen molar-refractivity contribution in [2.24, 2.45) is 0 Å². The first kappa shape index (κ1) is 8.82. The monoisotopic (exact) mass is 190 g/mol. The maximum absolute atomic E-state index is 11.0. The number of hydrogen-bond donors (Lipinski definition) is 0. The third kappa shape index (κ3) is 2.68. The van der Waals surface area contributed by atoms with Crippen molar-refractivity contribution in [3.8, 4) is 0 Å². The van der Waals surface area contributed by atoms with Crippen molar-refractivity contribution in [3.05, 3.63) is 23.3 Å². The first-order valence-corrected chi connectivity index (χ1v) is 4.23. The van der Waals surface area contributed by atoms with Gasteiger partial charge in [-0.25, -0.2) is 0 Å². The van der Waals surface area contributed by atoms with Gasteiger partial charge in [-0.2, -0.15) is 0 Å². The molecule has 1 unspecified atom stereocenters. The molecule has 1 nitrogen and oxygen atoms in total. The largest absolute Gasteiger partial charge is 0.293 e. The predicted octanol–water partition coefficient (Wildman–Crippen LogP) is 2.64. The van der Waals surface area contributed by atoms with Crippen LogP contribution in [0.15, 0.2) is 23.3 Å². The molecule has 0 aromatic heterocycles. The second kappa shape index (κ2) is 3.93. The minimum absolute atomic E-state index is 0.0262. The summed E-state index contributed by atoms with van der Waals surface area (Å²) in [4.78, 5) is 11.0. The topological polar surface area (TPSA) is 17.1 Å². The highest BCUT2D eigenvalue weighted by atomic mass is 35.5. The molecule has 1 atom stereocenters. The minimum Gasteiger partial charge on any atom is -0.293 e. The van der Waals surface area contributed by atoms with Crippen LogP contribution >= 0.6 is 23.2 Å². The Bertz CT molecular complexity index is 218. The third-order valence-corrected chi connectivity index (χ3v) is 2.18. The molecule has 0 radical (unpaired) electrons. The fraction of sp³-hybridized carbons (Fsp3) is 0.375. The van der Waals surface area contributed by atoms with E-state index in [1.54, 1.807) is 12.2 Å². The van der Waals surface area contributed by atoms with Gasteiger partial charge >= 0.3 is 0 Å². The molecule has 0 N–H and O–H groups in total. The van der Waals surface area contributed by atoms with E-state index in [2.05, 4.69) is 0 Å². The summed E-state index contributed by atoms with van der Waals surface area (Å²) >= 11 is 11.4. The smallest absolute Gasteiger partial charge is 0.174 e. The zero-order valence-corrected chi connectivity index (χ0v) is 7.40. The average Bonchev–Trinajstić information content (AvgIpc) is 1.98. The van der Waals surface area contributed by atoms with Crippen LogP contribution in [0.3, 0.4) is 0 Å². The predicted molar refractivity (Wildman–Crippen MR) is 47.0 cm³/mol. The van der Waals surface area contributed by atoms with Crippen LogP contribution in [0.2, 0.25) is 0 Å². The van der Waals surface area contributed by atoms with Gasteiger partial charge < -0.3 is 0 Å². The lowest BCUT2D eigenvalue weighted by atomic mass is 10.1. The molecule has 11 heavy (non-hydrogen) atoms. The highest BCUT2D eigenvalue weighted by molar-refractivity contribution is 6.42. The molecule has 0 saturated heterocycles. The van der Waals surface area contributed by atoms with Gasteiger partial charge in [-0.1, -0.05) is 23.8 Å². The van der Waals surface area contributed by atoms with Gasteiger partial charge in [0.15, 0.2) is 5.78 Å². The average molecular weight is 191 g/mol. The van der Waals surface area contributed by atoms with Crippen LogP contribution in [0, 0.1) is 0 Å². The molecule has 0 aromatic carbocycles. The van der Waals surface area contributed by atoms with Crippen molar-refractivity contribution in [3.63, 3.8) is 0 Å². The lowest BCUT2D eigenvalue weighted by Crippen LogP contribution is -2.04. The van der Waals surface area contributed by atoms with Crippen molar-refractivity contribution < 1.29 is 4.79 Å². The summed E-state index contributed by atoms with van der Waals surface area (Å²) in [5, 5.41) is 0.254. The van der Waals surface area contributed by atoms with Crippen LogP contribution < -0.4 is 0 Å². The van der Waals surface area contributed by atoms with Crippen molar-refractivity contribution in [1.29, 1.82) is 0 Å². The van der Waals surface area contributed by atoms with Crippen molar-refractivity contribution in [2.75, 3.05) is 0 Å². The first-order valence-electron chi connectivity index (χ1n) is 3.41. The molecule has 0 heterocycles. The lowest BCUT2D eigenvalue weighted by Gasteiger charge is -2.04. The number of allylic oxidation sites excluding steroid dienone is 4. The van der Waals surface area contributed by atoms with Gasteiger partial charge in [0, 0.05) is 6.42 Å². The second-order valence-corrected chi connectivity index (χ2v) is 3.35. The number of halogens is 2. The van der Waals surface area contributed by atoms with Gasteiger partial charge in [0.05, 0.1) is 10.4 Å². The number of hydrogen-bond acceptors (Lipinski definition) is 1. The van der Waals surface area contributed by atoms with E-state index in [-0.39, 0.29) is 11.2 Å². The van der Waals surface area contributed by atoms with E-state index < -0.39 is 0 Å². The van der Waals surface area contributed by atoms with Crippen molar-refractivity contribution in [2.45, 2.75) is 18.2 Å². The molecule has 0 bridgehead atoms. The second-order valence-electron chi connectivity index (χ2n) is 2.38. The number of carbonyl (C=O) groups excluding carboxylic acids is 1. The number of carbonyl (C=O) groups is 1. The minimum atomic E-state index is -0.0417. The summed E-state index contributed by atoms with van der Waals surface area (Å²) in [5.74, 6) is -0.0262. The van der Waals surface area contributed by atoms with E-state index in [0.717, 1.165) is 0 Å². The van der Waals surface area contributed by atoms with Gasteiger partial charge in [0.2, 0.25) is 0 Å². The van der Waals surface area contributed by atoms with E-state index in [1.165, 1.54) is 0 Å². The normalized spacial score (nSPS) is 33.5. The van der Waals surface area contributed by atoms with Crippen LogP contribution in [0.1, 0.15) is 12.8 Å². The molecule has 1 rings (SSSR count). The van der Waals surface area contributed by atoms with E-state index in [4.69, 9.17) is 23.2 Å². The summed E-state index contributed by atoms with van der Waals surface area (Å²) in [7, 11) is 0. The molecule has 0 saturated carbocycles. The van der Waals surface area contributed by atoms with E-state index >= 15 is 0 Å². The van der Waals surface area contributed by atoms with Crippen LogP contribution in [0.5, 0.6) is 0 Å². The summed E-state index contributed by atoms with van der Waals surface area (Å²) in [5.41, 5.74) is 0. The fourth-order valence-corrected chi connectivity index (χ4v) is 1.20. The van der Waals surface area contributed by atoms with E-state index in [9.17, 15) is 4.79 Å². The molecule has 0 spiro atoms. The zero-order valence-electron chi connectivity index (χ0n) is 5.89. The van der Waals surface area contributed by atoms with Crippen molar-refractivity contribution >= 4 is 29.0 Å². The van der Waals surface area contributed by atoms with Gasteiger partial charge in [0.25, 0.3) is 0 Å². The Kier molecular flexibility index (Phi) is 3.16. The molecule has 0 aromatic rings. The van der Waals surface area contributed by atoms with Gasteiger partial charge in [-0.15, -0.1) is 11.6 Å². The zero-order chi connectivity index (χ0) is 8.27. The maximum atomic E-state index is 11.0. The molecule has 0 aliphatic heterocycles. The number of alkyl halides is 1. The SMILES string of the molecule is O=C1CCC(Cl)/C=C\C=C/1Cl. The Labute approximate surface area is 75.7 Å². The Morgan fingerprint density at radius 2 is 2.27 bits per heavy atom. The molecule has 1 aliphatic rings. The highest BCUT2D eigenvalue weighted by Crippen LogP contribution is 2.15. The molecular formula is C8H8Cl2O. The molecule has 0 fully saturated rings. The third-order valence-electron chi connectivity index (χ3n) is 1.48. The van der Waals surface area contributed by atoms with Gasteiger partial charge in [0.1, 0.15) is 0 Å². The lowest BCUT2D eigenvalue weighted by molar-refractivity contribution is -0.115. The molecule has 60 valence electrons. The number of rotatable bonds is 0. The van der Waals surface area contributed by atoms with Crippen molar-refractivity contribution in [1.82, 2.24) is 0 Å². The fourth-order valence-electron chi connectivity index (χ4n) is 0.838. The van der Waals surface area contributed by atoms with Crippen LogP contribution in [0.25, 0.3) is 0 Å². The summed E-state index contributed by atoms with van der Waals surface area (Å²) in [6.45, 7) is 0. The number of ketones is 1. The Morgan fingerprint density at radius 1 is 1.55 bits per heavy atom. The Hall–Kier alpha value is -0.270.